The van der Waals surface area contributed by atoms with E-state index in [2.05, 4.69) is 5.32 Å². The standard InChI is InChI=1S/C23H20ClN3O4/c1-13-10-16(15(3)27(13)20-8-4-7-19(24)14(20)2)11-18-21(28)25-23(30)26(22(18)29)12-17-6-5-9-31-17/h4-11H,12H2,1-3H3,(H,25,28,30). The van der Waals surface area contributed by atoms with Crippen molar-refractivity contribution < 1.29 is 18.8 Å². The molecule has 158 valence electrons. The van der Waals surface area contributed by atoms with Gasteiger partial charge in [0, 0.05) is 22.1 Å². The highest BCUT2D eigenvalue weighted by molar-refractivity contribution is 6.31. The summed E-state index contributed by atoms with van der Waals surface area (Å²) < 4.78 is 7.25. The van der Waals surface area contributed by atoms with Crippen LogP contribution in [0.4, 0.5) is 4.79 Å². The highest BCUT2D eigenvalue weighted by Gasteiger charge is 2.36. The summed E-state index contributed by atoms with van der Waals surface area (Å²) in [5, 5.41) is 2.88. The number of halogens is 1. The third-order valence-electron chi connectivity index (χ3n) is 5.33. The molecule has 3 heterocycles. The Kier molecular flexibility index (Phi) is 5.29. The molecule has 0 unspecified atom stereocenters. The molecule has 1 aliphatic rings. The number of nitrogens with zero attached hydrogens (tertiary/aromatic N) is 2. The number of urea groups is 1. The van der Waals surface area contributed by atoms with Crippen LogP contribution in [0.5, 0.6) is 0 Å². The number of benzene rings is 1. The fourth-order valence-electron chi connectivity index (χ4n) is 3.69. The zero-order valence-corrected chi connectivity index (χ0v) is 18.0. The molecular formula is C23H20ClN3O4. The van der Waals surface area contributed by atoms with E-state index >= 15 is 0 Å². The van der Waals surface area contributed by atoms with Crippen LogP contribution in [-0.2, 0) is 16.1 Å². The van der Waals surface area contributed by atoms with Gasteiger partial charge in [-0.1, -0.05) is 17.7 Å². The van der Waals surface area contributed by atoms with Crippen LogP contribution in [0.3, 0.4) is 0 Å². The zero-order valence-electron chi connectivity index (χ0n) is 17.2. The van der Waals surface area contributed by atoms with E-state index in [1.807, 2.05) is 49.6 Å². The summed E-state index contributed by atoms with van der Waals surface area (Å²) in [6.07, 6.45) is 2.97. The van der Waals surface area contributed by atoms with Crippen molar-refractivity contribution >= 4 is 35.5 Å². The van der Waals surface area contributed by atoms with Crippen molar-refractivity contribution in [2.24, 2.45) is 0 Å². The lowest BCUT2D eigenvalue weighted by Crippen LogP contribution is -2.53. The Morgan fingerprint density at radius 2 is 1.87 bits per heavy atom. The van der Waals surface area contributed by atoms with Crippen LogP contribution < -0.4 is 5.32 Å². The number of carbonyl (C=O) groups excluding carboxylic acids is 3. The van der Waals surface area contributed by atoms with Crippen LogP contribution in [0.15, 0.2) is 52.7 Å². The van der Waals surface area contributed by atoms with E-state index in [0.717, 1.165) is 27.5 Å². The molecule has 1 fully saturated rings. The molecule has 7 nitrogen and oxygen atoms in total. The predicted molar refractivity (Wildman–Crippen MR) is 116 cm³/mol. The summed E-state index contributed by atoms with van der Waals surface area (Å²) >= 11 is 6.29. The van der Waals surface area contributed by atoms with E-state index in [1.54, 1.807) is 12.1 Å². The average Bonchev–Trinajstić information content (AvgIpc) is 3.33. The van der Waals surface area contributed by atoms with Crippen LogP contribution in [0.1, 0.15) is 28.3 Å². The first-order chi connectivity index (χ1) is 14.8. The van der Waals surface area contributed by atoms with Gasteiger partial charge in [-0.3, -0.25) is 19.8 Å². The molecule has 0 bridgehead atoms. The van der Waals surface area contributed by atoms with E-state index < -0.39 is 17.8 Å². The van der Waals surface area contributed by atoms with Crippen molar-refractivity contribution in [2.75, 3.05) is 0 Å². The molecule has 3 aromatic rings. The van der Waals surface area contributed by atoms with Crippen molar-refractivity contribution in [3.8, 4) is 5.69 Å². The van der Waals surface area contributed by atoms with Gasteiger partial charge in [-0.25, -0.2) is 4.79 Å². The number of carbonyl (C=O) groups is 3. The summed E-state index contributed by atoms with van der Waals surface area (Å²) in [5.74, 6) is -0.963. The molecule has 0 aliphatic carbocycles. The molecule has 0 saturated carbocycles. The van der Waals surface area contributed by atoms with Gasteiger partial charge in [0.15, 0.2) is 0 Å². The minimum Gasteiger partial charge on any atom is -0.467 e. The number of hydrogen-bond donors (Lipinski definition) is 1. The van der Waals surface area contributed by atoms with Gasteiger partial charge in [0.05, 0.1) is 12.8 Å². The van der Waals surface area contributed by atoms with Crippen molar-refractivity contribution in [3.63, 3.8) is 0 Å². The zero-order chi connectivity index (χ0) is 22.3. The second kappa shape index (κ2) is 7.92. The number of aryl methyl sites for hydroxylation is 1. The molecular weight excluding hydrogens is 418 g/mol. The van der Waals surface area contributed by atoms with Gasteiger partial charge >= 0.3 is 6.03 Å². The fraction of sp³-hybridized carbons (Fsp3) is 0.174. The van der Waals surface area contributed by atoms with Crippen molar-refractivity contribution in [1.82, 2.24) is 14.8 Å². The Labute approximate surface area is 183 Å². The number of furan rings is 1. The van der Waals surface area contributed by atoms with E-state index in [-0.39, 0.29) is 12.1 Å². The molecule has 31 heavy (non-hydrogen) atoms. The van der Waals surface area contributed by atoms with Crippen LogP contribution in [0.2, 0.25) is 5.02 Å². The van der Waals surface area contributed by atoms with Crippen molar-refractivity contribution in [3.05, 3.63) is 81.5 Å². The first-order valence-corrected chi connectivity index (χ1v) is 10.0. The maximum atomic E-state index is 13.0. The van der Waals surface area contributed by atoms with Gasteiger partial charge in [0.2, 0.25) is 0 Å². The maximum Gasteiger partial charge on any atom is 0.331 e. The summed E-state index contributed by atoms with van der Waals surface area (Å²) in [7, 11) is 0. The van der Waals surface area contributed by atoms with Gasteiger partial charge in [-0.15, -0.1) is 0 Å². The molecule has 1 aliphatic heterocycles. The monoisotopic (exact) mass is 437 g/mol. The van der Waals surface area contributed by atoms with Crippen molar-refractivity contribution in [2.45, 2.75) is 27.3 Å². The Hall–Kier alpha value is -3.58. The third kappa shape index (κ3) is 3.68. The second-order valence-electron chi connectivity index (χ2n) is 7.33. The molecule has 2 aromatic heterocycles. The lowest BCUT2D eigenvalue weighted by atomic mass is 10.1. The predicted octanol–water partition coefficient (Wildman–Crippen LogP) is 4.31. The Bertz CT molecular complexity index is 1240. The number of barbiturate groups is 1. The largest absolute Gasteiger partial charge is 0.467 e. The SMILES string of the molecule is Cc1c(Cl)cccc1-n1c(C)cc(C=C2C(=O)NC(=O)N(Cc3ccco3)C2=O)c1C. The third-order valence-corrected chi connectivity index (χ3v) is 5.74. The maximum absolute atomic E-state index is 13.0. The first-order valence-electron chi connectivity index (χ1n) is 9.63. The van der Waals surface area contributed by atoms with Gasteiger partial charge in [-0.2, -0.15) is 0 Å². The minimum atomic E-state index is -0.774. The number of imide groups is 2. The van der Waals surface area contributed by atoms with E-state index in [1.165, 1.54) is 12.3 Å². The summed E-state index contributed by atoms with van der Waals surface area (Å²) in [4.78, 5) is 38.6. The summed E-state index contributed by atoms with van der Waals surface area (Å²) in [5.41, 5.74) is 4.18. The van der Waals surface area contributed by atoms with Gasteiger partial charge in [0.1, 0.15) is 11.3 Å². The molecule has 4 amide bonds. The van der Waals surface area contributed by atoms with Crippen LogP contribution in [0, 0.1) is 20.8 Å². The molecule has 1 aromatic carbocycles. The molecule has 0 radical (unpaired) electrons. The van der Waals surface area contributed by atoms with Gasteiger partial charge in [-0.05, 0) is 68.3 Å². The van der Waals surface area contributed by atoms with Crippen molar-refractivity contribution in [1.29, 1.82) is 0 Å². The van der Waals surface area contributed by atoms with Crippen LogP contribution in [-0.4, -0.2) is 27.3 Å². The fourth-order valence-corrected chi connectivity index (χ4v) is 3.86. The summed E-state index contributed by atoms with van der Waals surface area (Å²) in [6, 6.07) is 10.1. The molecule has 1 saturated heterocycles. The Morgan fingerprint density at radius 3 is 2.58 bits per heavy atom. The molecule has 4 rings (SSSR count). The Balaban J connectivity index is 1.74. The lowest BCUT2D eigenvalue weighted by Gasteiger charge is -2.25. The molecule has 1 N–H and O–H groups in total. The Morgan fingerprint density at radius 1 is 1.10 bits per heavy atom. The van der Waals surface area contributed by atoms with E-state index in [0.29, 0.717) is 16.3 Å². The highest BCUT2D eigenvalue weighted by Crippen LogP contribution is 2.28. The number of rotatable bonds is 4. The molecule has 0 atom stereocenters. The molecule has 0 spiro atoms. The number of nitrogens with one attached hydrogen (secondary N) is 1. The van der Waals surface area contributed by atoms with Crippen LogP contribution in [0.25, 0.3) is 11.8 Å². The quantitative estimate of drug-likeness (QED) is 0.487. The smallest absolute Gasteiger partial charge is 0.331 e. The lowest BCUT2D eigenvalue weighted by molar-refractivity contribution is -0.130. The highest BCUT2D eigenvalue weighted by atomic mass is 35.5. The second-order valence-corrected chi connectivity index (χ2v) is 7.74. The number of amides is 4. The normalized spacial score (nSPS) is 15.7. The van der Waals surface area contributed by atoms with Crippen LogP contribution >= 0.6 is 11.6 Å². The minimum absolute atomic E-state index is 0.0665. The van der Waals surface area contributed by atoms with E-state index in [9.17, 15) is 14.4 Å². The topological polar surface area (TPSA) is 84.6 Å². The van der Waals surface area contributed by atoms with Gasteiger partial charge < -0.3 is 8.98 Å². The summed E-state index contributed by atoms with van der Waals surface area (Å²) in [6.45, 7) is 5.70. The number of hydrogen-bond acceptors (Lipinski definition) is 4. The van der Waals surface area contributed by atoms with Gasteiger partial charge in [0.25, 0.3) is 11.8 Å². The number of aromatic nitrogens is 1. The average molecular weight is 438 g/mol. The molecule has 8 heteroatoms. The van der Waals surface area contributed by atoms with E-state index in [4.69, 9.17) is 16.0 Å². The first kappa shape index (κ1) is 20.7.